The van der Waals surface area contributed by atoms with Gasteiger partial charge < -0.3 is 25.2 Å². The largest absolute Gasteiger partial charge is 0.504 e. The van der Waals surface area contributed by atoms with Crippen LogP contribution in [0.3, 0.4) is 0 Å². The predicted octanol–water partition coefficient (Wildman–Crippen LogP) is 0.981. The van der Waals surface area contributed by atoms with E-state index in [2.05, 4.69) is 0 Å². The normalized spacial score (nSPS) is 16.0. The molecule has 3 N–H and O–H groups in total. The van der Waals surface area contributed by atoms with Gasteiger partial charge in [-0.15, -0.1) is 0 Å². The number of ether oxygens (including phenoxy) is 2. The van der Waals surface area contributed by atoms with Crippen molar-refractivity contribution >= 4 is 5.91 Å². The van der Waals surface area contributed by atoms with Crippen LogP contribution in [0.4, 0.5) is 0 Å². The molecule has 21 heavy (non-hydrogen) atoms. The molecule has 1 heterocycles. The number of carbonyl (C=O) groups excluding carboxylic acids is 1. The van der Waals surface area contributed by atoms with Gasteiger partial charge in [0.2, 0.25) is 0 Å². The number of benzene rings is 1. The van der Waals surface area contributed by atoms with Gasteiger partial charge in [-0.3, -0.25) is 4.79 Å². The molecular weight excluding hydrogens is 272 g/mol. The van der Waals surface area contributed by atoms with Crippen LogP contribution in [0.15, 0.2) is 18.2 Å². The number of hydrogen-bond donors (Lipinski definition) is 2. The lowest BCUT2D eigenvalue weighted by atomic mass is 10.1. The first-order chi connectivity index (χ1) is 10.2. The van der Waals surface area contributed by atoms with Gasteiger partial charge in [0, 0.05) is 19.6 Å². The van der Waals surface area contributed by atoms with Crippen molar-refractivity contribution in [2.45, 2.75) is 18.9 Å². The first-order valence-electron chi connectivity index (χ1n) is 7.14. The van der Waals surface area contributed by atoms with E-state index in [9.17, 15) is 9.90 Å². The smallest absolute Gasteiger partial charge is 0.257 e. The second-order valence-corrected chi connectivity index (χ2v) is 5.01. The van der Waals surface area contributed by atoms with Crippen molar-refractivity contribution in [2.24, 2.45) is 5.73 Å². The number of amides is 1. The zero-order valence-electron chi connectivity index (χ0n) is 12.2. The number of nitrogens with zero attached hydrogens (tertiary/aromatic N) is 1. The van der Waals surface area contributed by atoms with Gasteiger partial charge in [0.05, 0.1) is 25.4 Å². The lowest BCUT2D eigenvalue weighted by Gasteiger charge is -2.32. The van der Waals surface area contributed by atoms with Gasteiger partial charge in [-0.25, -0.2) is 0 Å². The fourth-order valence-corrected chi connectivity index (χ4v) is 2.49. The summed E-state index contributed by atoms with van der Waals surface area (Å²) in [5, 5.41) is 10.0. The van der Waals surface area contributed by atoms with Crippen molar-refractivity contribution in [3.8, 4) is 11.5 Å². The van der Waals surface area contributed by atoms with Crippen LogP contribution in [0, 0.1) is 0 Å². The van der Waals surface area contributed by atoms with Gasteiger partial charge in [0.15, 0.2) is 11.5 Å². The van der Waals surface area contributed by atoms with Gasteiger partial charge in [-0.1, -0.05) is 6.07 Å². The standard InChI is InChI=1S/C15H22N2O4/c1-20-13-4-2-3-12(14(13)18)15(19)17-8-5-11(6-9-17)21-10-7-16/h2-4,11,18H,5-10,16H2,1H3. The maximum absolute atomic E-state index is 12.5. The number of piperidine rings is 1. The van der Waals surface area contributed by atoms with E-state index < -0.39 is 0 Å². The van der Waals surface area contributed by atoms with Crippen LogP contribution in [0.1, 0.15) is 23.2 Å². The molecule has 1 aromatic carbocycles. The monoisotopic (exact) mass is 294 g/mol. The summed E-state index contributed by atoms with van der Waals surface area (Å²) in [7, 11) is 1.46. The quantitative estimate of drug-likeness (QED) is 0.845. The highest BCUT2D eigenvalue weighted by molar-refractivity contribution is 5.97. The molecule has 0 aliphatic carbocycles. The van der Waals surface area contributed by atoms with E-state index in [1.807, 2.05) is 0 Å². The zero-order valence-corrected chi connectivity index (χ0v) is 12.2. The van der Waals surface area contributed by atoms with Crippen LogP contribution in [-0.4, -0.2) is 55.4 Å². The molecule has 0 aromatic heterocycles. The number of carbonyl (C=O) groups is 1. The van der Waals surface area contributed by atoms with Crippen LogP contribution < -0.4 is 10.5 Å². The minimum Gasteiger partial charge on any atom is -0.504 e. The number of para-hydroxylation sites is 1. The number of phenolic OH excluding ortho intramolecular Hbond substituents is 1. The Morgan fingerprint density at radius 2 is 2.14 bits per heavy atom. The van der Waals surface area contributed by atoms with Gasteiger partial charge >= 0.3 is 0 Å². The third-order valence-corrected chi connectivity index (χ3v) is 3.65. The fourth-order valence-electron chi connectivity index (χ4n) is 2.49. The summed E-state index contributed by atoms with van der Waals surface area (Å²) in [4.78, 5) is 14.2. The summed E-state index contributed by atoms with van der Waals surface area (Å²) in [6.07, 6.45) is 1.74. The Kier molecular flexibility index (Phi) is 5.41. The third-order valence-electron chi connectivity index (χ3n) is 3.65. The summed E-state index contributed by atoms with van der Waals surface area (Å²) in [6, 6.07) is 4.93. The molecule has 6 nitrogen and oxygen atoms in total. The lowest BCUT2D eigenvalue weighted by Crippen LogP contribution is -2.41. The Morgan fingerprint density at radius 3 is 2.76 bits per heavy atom. The first-order valence-corrected chi connectivity index (χ1v) is 7.14. The van der Waals surface area contributed by atoms with Crippen molar-refractivity contribution in [3.05, 3.63) is 23.8 Å². The molecule has 1 fully saturated rings. The average Bonchev–Trinajstić information content (AvgIpc) is 2.53. The Morgan fingerprint density at radius 1 is 1.43 bits per heavy atom. The molecule has 1 saturated heterocycles. The van der Waals surface area contributed by atoms with Crippen molar-refractivity contribution in [1.82, 2.24) is 4.90 Å². The van der Waals surface area contributed by atoms with E-state index >= 15 is 0 Å². The van der Waals surface area contributed by atoms with Gasteiger partial charge in [-0.05, 0) is 25.0 Å². The molecular formula is C15H22N2O4. The van der Waals surface area contributed by atoms with E-state index in [4.69, 9.17) is 15.2 Å². The van der Waals surface area contributed by atoms with E-state index in [-0.39, 0.29) is 23.3 Å². The molecule has 0 spiro atoms. The number of phenols is 1. The van der Waals surface area contributed by atoms with E-state index in [1.54, 1.807) is 23.1 Å². The number of likely N-dealkylation sites (tertiary alicyclic amines) is 1. The zero-order chi connectivity index (χ0) is 15.2. The molecule has 0 bridgehead atoms. The molecule has 0 atom stereocenters. The summed E-state index contributed by atoms with van der Waals surface area (Å²) < 4.78 is 10.6. The predicted molar refractivity (Wildman–Crippen MR) is 78.6 cm³/mol. The molecule has 1 aliphatic rings. The number of aromatic hydroxyl groups is 1. The second kappa shape index (κ2) is 7.28. The Bertz CT molecular complexity index is 485. The average molecular weight is 294 g/mol. The van der Waals surface area contributed by atoms with Crippen LogP contribution in [0.25, 0.3) is 0 Å². The van der Waals surface area contributed by atoms with Crippen LogP contribution in [0.2, 0.25) is 0 Å². The SMILES string of the molecule is COc1cccc(C(=O)N2CCC(OCCN)CC2)c1O. The first kappa shape index (κ1) is 15.6. The molecule has 2 rings (SSSR count). The van der Waals surface area contributed by atoms with Crippen LogP contribution in [0.5, 0.6) is 11.5 Å². The summed E-state index contributed by atoms with van der Waals surface area (Å²) in [6.45, 7) is 2.29. The molecule has 0 saturated carbocycles. The van der Waals surface area contributed by atoms with Gasteiger partial charge in [0.1, 0.15) is 0 Å². The van der Waals surface area contributed by atoms with Crippen LogP contribution >= 0.6 is 0 Å². The van der Waals surface area contributed by atoms with E-state index in [0.29, 0.717) is 32.0 Å². The fraction of sp³-hybridized carbons (Fsp3) is 0.533. The molecule has 6 heteroatoms. The highest BCUT2D eigenvalue weighted by Gasteiger charge is 2.26. The lowest BCUT2D eigenvalue weighted by molar-refractivity contribution is 0.0121. The van der Waals surface area contributed by atoms with Gasteiger partial charge in [0.25, 0.3) is 5.91 Å². The van der Waals surface area contributed by atoms with E-state index in [1.165, 1.54) is 7.11 Å². The Labute approximate surface area is 124 Å². The molecule has 0 radical (unpaired) electrons. The summed E-state index contributed by atoms with van der Waals surface area (Å²) in [5.41, 5.74) is 5.69. The Hall–Kier alpha value is -1.79. The highest BCUT2D eigenvalue weighted by Crippen LogP contribution is 2.30. The van der Waals surface area contributed by atoms with Gasteiger partial charge in [-0.2, -0.15) is 0 Å². The maximum atomic E-state index is 12.5. The van der Waals surface area contributed by atoms with Crippen LogP contribution in [-0.2, 0) is 4.74 Å². The van der Waals surface area contributed by atoms with E-state index in [0.717, 1.165) is 12.8 Å². The number of nitrogens with two attached hydrogens (primary N) is 1. The van der Waals surface area contributed by atoms with Crippen molar-refractivity contribution < 1.29 is 19.4 Å². The topological polar surface area (TPSA) is 85.0 Å². The van der Waals surface area contributed by atoms with Crippen molar-refractivity contribution in [2.75, 3.05) is 33.4 Å². The minimum atomic E-state index is -0.177. The second-order valence-electron chi connectivity index (χ2n) is 5.01. The van der Waals surface area contributed by atoms with Crippen molar-refractivity contribution in [3.63, 3.8) is 0 Å². The molecule has 116 valence electrons. The van der Waals surface area contributed by atoms with Crippen molar-refractivity contribution in [1.29, 1.82) is 0 Å². The molecule has 1 amide bonds. The Balaban J connectivity index is 1.99. The highest BCUT2D eigenvalue weighted by atomic mass is 16.5. The number of methoxy groups -OCH3 is 1. The summed E-state index contributed by atoms with van der Waals surface area (Å²) >= 11 is 0. The molecule has 1 aliphatic heterocycles. The summed E-state index contributed by atoms with van der Waals surface area (Å²) in [5.74, 6) is 0.0252. The number of rotatable bonds is 5. The number of hydrogen-bond acceptors (Lipinski definition) is 5. The third kappa shape index (κ3) is 3.65. The molecule has 1 aromatic rings. The molecule has 0 unspecified atom stereocenters. The minimum absolute atomic E-state index is 0.105. The maximum Gasteiger partial charge on any atom is 0.257 e.